The van der Waals surface area contributed by atoms with E-state index in [1.807, 2.05) is 0 Å². The van der Waals surface area contributed by atoms with Gasteiger partial charge in [0, 0.05) is 19.6 Å². The molecule has 0 spiro atoms. The summed E-state index contributed by atoms with van der Waals surface area (Å²) in [6.45, 7) is 3.04. The zero-order valence-corrected chi connectivity index (χ0v) is 15.3. The number of rotatable bonds is 5. The average Bonchev–Trinajstić information content (AvgIpc) is 2.60. The highest BCUT2D eigenvalue weighted by Gasteiger charge is 2.39. The van der Waals surface area contributed by atoms with Crippen LogP contribution in [0.3, 0.4) is 0 Å². The molecule has 1 aromatic carbocycles. The molecule has 1 aliphatic heterocycles. The van der Waals surface area contributed by atoms with E-state index >= 15 is 0 Å². The molecule has 0 saturated carbocycles. The molecule has 4 nitrogen and oxygen atoms in total. The Balaban J connectivity index is 0.00000208. The Morgan fingerprint density at radius 3 is 2.83 bits per heavy atom. The minimum absolute atomic E-state index is 0. The molecule has 5 heteroatoms. The first-order valence-electron chi connectivity index (χ1n) is 8.81. The number of nitrogens with one attached hydrogen (secondary N) is 2. The second-order valence-corrected chi connectivity index (χ2v) is 6.96. The fraction of sp³-hybridized carbons (Fsp3) is 0.632. The fourth-order valence-electron chi connectivity index (χ4n) is 4.09. The molecule has 2 N–H and O–H groups in total. The molecule has 3 rings (SSSR count). The molecule has 1 aliphatic carbocycles. The monoisotopic (exact) mass is 352 g/mol. The number of halogens is 1. The van der Waals surface area contributed by atoms with Crippen LogP contribution in [0.2, 0.25) is 0 Å². The van der Waals surface area contributed by atoms with Crippen molar-refractivity contribution in [2.24, 2.45) is 5.41 Å². The summed E-state index contributed by atoms with van der Waals surface area (Å²) < 4.78 is 5.37. The topological polar surface area (TPSA) is 50.4 Å². The van der Waals surface area contributed by atoms with E-state index in [1.165, 1.54) is 24.0 Å². The van der Waals surface area contributed by atoms with E-state index in [2.05, 4.69) is 34.9 Å². The molecule has 1 fully saturated rings. The lowest BCUT2D eigenvalue weighted by atomic mass is 9.78. The smallest absolute Gasteiger partial charge is 0.228 e. The van der Waals surface area contributed by atoms with Gasteiger partial charge >= 0.3 is 0 Å². The predicted octanol–water partition coefficient (Wildman–Crippen LogP) is 2.66. The molecular formula is C19H29ClN2O2. The minimum atomic E-state index is -0.353. The summed E-state index contributed by atoms with van der Waals surface area (Å²) >= 11 is 0. The molecule has 1 atom stereocenters. The van der Waals surface area contributed by atoms with Gasteiger partial charge < -0.3 is 15.4 Å². The second-order valence-electron chi connectivity index (χ2n) is 6.96. The van der Waals surface area contributed by atoms with Gasteiger partial charge in [0.25, 0.3) is 0 Å². The van der Waals surface area contributed by atoms with Gasteiger partial charge in [0.1, 0.15) is 0 Å². The SMILES string of the molecule is COCC1(C(=O)NCC2CCCc3ccccc32)CCNCC1.Cl. The largest absolute Gasteiger partial charge is 0.384 e. The Labute approximate surface area is 151 Å². The van der Waals surface area contributed by atoms with Gasteiger partial charge in [-0.05, 0) is 56.3 Å². The quantitative estimate of drug-likeness (QED) is 0.856. The summed E-state index contributed by atoms with van der Waals surface area (Å²) in [5.74, 6) is 0.620. The third kappa shape index (κ3) is 4.11. The van der Waals surface area contributed by atoms with Crippen LogP contribution >= 0.6 is 12.4 Å². The summed E-state index contributed by atoms with van der Waals surface area (Å²) in [5, 5.41) is 6.58. The fourth-order valence-corrected chi connectivity index (χ4v) is 4.09. The van der Waals surface area contributed by atoms with Crippen LogP contribution in [0.15, 0.2) is 24.3 Å². The molecular weight excluding hydrogens is 324 g/mol. The number of ether oxygens (including phenoxy) is 1. The van der Waals surface area contributed by atoms with Crippen molar-refractivity contribution in [2.75, 3.05) is 33.4 Å². The Morgan fingerprint density at radius 2 is 2.08 bits per heavy atom. The van der Waals surface area contributed by atoms with Crippen molar-refractivity contribution in [2.45, 2.75) is 38.0 Å². The standard InChI is InChI=1S/C19H28N2O2.ClH/c1-23-14-19(9-11-20-12-10-19)18(22)21-13-16-7-4-6-15-5-2-3-8-17(15)16;/h2-3,5,8,16,20H,4,6-7,9-14H2,1H3,(H,21,22);1H. The van der Waals surface area contributed by atoms with Crippen molar-refractivity contribution < 1.29 is 9.53 Å². The molecule has 1 amide bonds. The maximum Gasteiger partial charge on any atom is 0.228 e. The van der Waals surface area contributed by atoms with Gasteiger partial charge in [0.05, 0.1) is 12.0 Å². The van der Waals surface area contributed by atoms with Crippen LogP contribution in [0.5, 0.6) is 0 Å². The van der Waals surface area contributed by atoms with Gasteiger partial charge in [-0.2, -0.15) is 0 Å². The van der Waals surface area contributed by atoms with Gasteiger partial charge in [-0.25, -0.2) is 0 Å². The number of carbonyl (C=O) groups excluding carboxylic acids is 1. The lowest BCUT2D eigenvalue weighted by molar-refractivity contribution is -0.136. The summed E-state index contributed by atoms with van der Waals surface area (Å²) in [6.07, 6.45) is 5.25. The number of piperidine rings is 1. The highest BCUT2D eigenvalue weighted by atomic mass is 35.5. The molecule has 24 heavy (non-hydrogen) atoms. The van der Waals surface area contributed by atoms with E-state index in [0.717, 1.165) is 38.9 Å². The third-order valence-electron chi connectivity index (χ3n) is 5.47. The minimum Gasteiger partial charge on any atom is -0.384 e. The highest BCUT2D eigenvalue weighted by molar-refractivity contribution is 5.85. The van der Waals surface area contributed by atoms with E-state index in [1.54, 1.807) is 7.11 Å². The summed E-state index contributed by atoms with van der Waals surface area (Å²) in [7, 11) is 1.69. The number of aryl methyl sites for hydroxylation is 1. The van der Waals surface area contributed by atoms with E-state index in [0.29, 0.717) is 12.5 Å². The molecule has 134 valence electrons. The Morgan fingerprint density at radius 1 is 1.33 bits per heavy atom. The molecule has 0 bridgehead atoms. The van der Waals surface area contributed by atoms with Crippen LogP contribution in [-0.2, 0) is 16.0 Å². The highest BCUT2D eigenvalue weighted by Crippen LogP contribution is 2.32. The van der Waals surface area contributed by atoms with E-state index in [9.17, 15) is 4.79 Å². The van der Waals surface area contributed by atoms with Crippen LogP contribution in [0.1, 0.15) is 42.7 Å². The summed E-state index contributed by atoms with van der Waals surface area (Å²) in [4.78, 5) is 12.8. The first-order valence-corrected chi connectivity index (χ1v) is 8.81. The lowest BCUT2D eigenvalue weighted by Crippen LogP contribution is -2.50. The lowest BCUT2D eigenvalue weighted by Gasteiger charge is -2.36. The van der Waals surface area contributed by atoms with Crippen LogP contribution in [0, 0.1) is 5.41 Å². The molecule has 2 aliphatic rings. The predicted molar refractivity (Wildman–Crippen MR) is 98.8 cm³/mol. The van der Waals surface area contributed by atoms with Gasteiger partial charge in [0.15, 0.2) is 0 Å². The normalized spacial score (nSPS) is 22.1. The average molecular weight is 353 g/mol. The van der Waals surface area contributed by atoms with Crippen molar-refractivity contribution in [1.82, 2.24) is 10.6 Å². The second kappa shape index (κ2) is 8.84. The molecule has 1 unspecified atom stereocenters. The van der Waals surface area contributed by atoms with Crippen molar-refractivity contribution in [3.8, 4) is 0 Å². The van der Waals surface area contributed by atoms with Crippen LogP contribution < -0.4 is 10.6 Å². The number of hydrogen-bond acceptors (Lipinski definition) is 3. The number of amides is 1. The maximum atomic E-state index is 12.8. The summed E-state index contributed by atoms with van der Waals surface area (Å²) in [5.41, 5.74) is 2.52. The first kappa shape index (κ1) is 19.2. The van der Waals surface area contributed by atoms with Gasteiger partial charge in [0.2, 0.25) is 5.91 Å². The molecule has 1 heterocycles. The summed E-state index contributed by atoms with van der Waals surface area (Å²) in [6, 6.07) is 8.67. The molecule has 1 saturated heterocycles. The van der Waals surface area contributed by atoms with E-state index < -0.39 is 0 Å². The molecule has 0 aromatic heterocycles. The van der Waals surface area contributed by atoms with Gasteiger partial charge in [-0.15, -0.1) is 12.4 Å². The Bertz CT molecular complexity index is 538. The molecule has 0 radical (unpaired) electrons. The van der Waals surface area contributed by atoms with Crippen molar-refractivity contribution in [3.05, 3.63) is 35.4 Å². The van der Waals surface area contributed by atoms with Crippen LogP contribution in [-0.4, -0.2) is 39.3 Å². The van der Waals surface area contributed by atoms with Crippen molar-refractivity contribution in [1.29, 1.82) is 0 Å². The number of benzene rings is 1. The number of hydrogen-bond donors (Lipinski definition) is 2. The van der Waals surface area contributed by atoms with E-state index in [4.69, 9.17) is 4.74 Å². The maximum absolute atomic E-state index is 12.8. The zero-order valence-electron chi connectivity index (χ0n) is 14.5. The van der Waals surface area contributed by atoms with E-state index in [-0.39, 0.29) is 23.7 Å². The number of fused-ring (bicyclic) bond motifs is 1. The third-order valence-corrected chi connectivity index (χ3v) is 5.47. The van der Waals surface area contributed by atoms with Crippen LogP contribution in [0.4, 0.5) is 0 Å². The number of methoxy groups -OCH3 is 1. The van der Waals surface area contributed by atoms with Crippen LogP contribution in [0.25, 0.3) is 0 Å². The molecule has 1 aromatic rings. The van der Waals surface area contributed by atoms with Crippen molar-refractivity contribution >= 4 is 18.3 Å². The van der Waals surface area contributed by atoms with Crippen molar-refractivity contribution in [3.63, 3.8) is 0 Å². The Kier molecular flexibility index (Phi) is 7.08. The number of carbonyl (C=O) groups is 1. The van der Waals surface area contributed by atoms with Gasteiger partial charge in [-0.1, -0.05) is 24.3 Å². The first-order chi connectivity index (χ1) is 11.2. The van der Waals surface area contributed by atoms with Gasteiger partial charge in [-0.3, -0.25) is 4.79 Å². The Hall–Kier alpha value is -1.10. The zero-order chi connectivity index (χ0) is 16.1.